The van der Waals surface area contributed by atoms with Crippen LogP contribution in [-0.4, -0.2) is 37.2 Å². The van der Waals surface area contributed by atoms with E-state index < -0.39 is 6.10 Å². The minimum Gasteiger partial charge on any atom is -0.462 e. The second-order valence-electron chi connectivity index (χ2n) is 16.7. The van der Waals surface area contributed by atoms with Gasteiger partial charge < -0.3 is 14.2 Å². The van der Waals surface area contributed by atoms with E-state index in [1.54, 1.807) is 0 Å². The van der Waals surface area contributed by atoms with Crippen LogP contribution in [0.15, 0.2) is 134 Å². The van der Waals surface area contributed by atoms with Gasteiger partial charge in [-0.1, -0.05) is 212 Å². The van der Waals surface area contributed by atoms with Gasteiger partial charge in [0.2, 0.25) is 0 Å². The monoisotopic (exact) mass is 911 g/mol. The molecule has 0 aliphatic carbocycles. The molecule has 0 spiro atoms. The fraction of sp³-hybridized carbons (Fsp3) is 0.583. The van der Waals surface area contributed by atoms with Crippen molar-refractivity contribution in [1.82, 2.24) is 0 Å². The Hall–Kier alpha value is -4.45. The molecule has 0 fully saturated rings. The van der Waals surface area contributed by atoms with Crippen LogP contribution in [0.25, 0.3) is 0 Å². The lowest BCUT2D eigenvalue weighted by atomic mass is 10.1. The number of esters is 3. The molecule has 0 aromatic heterocycles. The van der Waals surface area contributed by atoms with E-state index in [2.05, 4.69) is 154 Å². The number of allylic oxidation sites excluding steroid dienone is 22. The molecule has 0 saturated carbocycles. The van der Waals surface area contributed by atoms with Crippen molar-refractivity contribution >= 4 is 17.9 Å². The third kappa shape index (κ3) is 50.5. The van der Waals surface area contributed by atoms with E-state index in [1.165, 1.54) is 44.9 Å². The molecule has 0 N–H and O–H groups in total. The minimum atomic E-state index is -0.825. The van der Waals surface area contributed by atoms with Crippen LogP contribution in [0, 0.1) is 0 Å². The maximum Gasteiger partial charge on any atom is 0.306 e. The Bertz CT molecular complexity index is 1460. The third-order valence-corrected chi connectivity index (χ3v) is 10.4. The standard InChI is InChI=1S/C60H94O6/c1-4-7-10-13-16-19-22-24-26-27-28-29-30-31-32-33-35-36-38-41-44-47-50-53-59(62)65-56-57(55-64-58(61)52-49-46-43-40-21-18-15-12-9-6-3)66-60(63)54-51-48-45-42-39-37-34-25-23-20-17-14-11-8-5-2/h7-8,10-11,16-17,19-20,24-26,28-29,31-32,34-36,39,41-42,44,57H,4-6,9,12-15,18,21-23,27,30,33,37-38,40,43,45-56H2,1-3H3/b10-7-,11-8-,19-16-,20-17-,26-24-,29-28-,32-31-,34-25-,36-35-,42-39-,44-41-. The van der Waals surface area contributed by atoms with Gasteiger partial charge in [0.05, 0.1) is 0 Å². The quantitative estimate of drug-likeness (QED) is 0.0262. The topological polar surface area (TPSA) is 78.9 Å². The van der Waals surface area contributed by atoms with Gasteiger partial charge in [-0.05, 0) is 109 Å². The number of unbranched alkanes of at least 4 members (excludes halogenated alkanes) is 12. The van der Waals surface area contributed by atoms with Crippen LogP contribution in [0.2, 0.25) is 0 Å². The van der Waals surface area contributed by atoms with Crippen molar-refractivity contribution in [2.75, 3.05) is 13.2 Å². The van der Waals surface area contributed by atoms with E-state index >= 15 is 0 Å². The molecule has 6 nitrogen and oxygen atoms in total. The summed E-state index contributed by atoms with van der Waals surface area (Å²) in [7, 11) is 0. The minimum absolute atomic E-state index is 0.116. The molecule has 370 valence electrons. The summed E-state index contributed by atoms with van der Waals surface area (Å²) in [6.07, 6.45) is 74.5. The number of carbonyl (C=O) groups excluding carboxylic acids is 3. The largest absolute Gasteiger partial charge is 0.462 e. The van der Waals surface area contributed by atoms with Crippen LogP contribution >= 0.6 is 0 Å². The van der Waals surface area contributed by atoms with Gasteiger partial charge in [-0.2, -0.15) is 0 Å². The number of hydrogen-bond acceptors (Lipinski definition) is 6. The van der Waals surface area contributed by atoms with Gasteiger partial charge in [-0.15, -0.1) is 0 Å². The van der Waals surface area contributed by atoms with Crippen molar-refractivity contribution in [3.05, 3.63) is 134 Å². The fourth-order valence-corrected chi connectivity index (χ4v) is 6.54. The van der Waals surface area contributed by atoms with Crippen molar-refractivity contribution in [3.63, 3.8) is 0 Å². The summed E-state index contributed by atoms with van der Waals surface area (Å²) >= 11 is 0. The molecule has 0 radical (unpaired) electrons. The molecule has 0 aliphatic heterocycles. The van der Waals surface area contributed by atoms with Crippen molar-refractivity contribution in [1.29, 1.82) is 0 Å². The number of carbonyl (C=O) groups is 3. The van der Waals surface area contributed by atoms with E-state index in [4.69, 9.17) is 14.2 Å². The van der Waals surface area contributed by atoms with Crippen molar-refractivity contribution in [2.45, 2.75) is 213 Å². The normalized spacial score (nSPS) is 13.2. The molecular weight excluding hydrogens is 817 g/mol. The van der Waals surface area contributed by atoms with Crippen LogP contribution in [0.5, 0.6) is 0 Å². The first-order chi connectivity index (χ1) is 32.5. The zero-order valence-corrected chi connectivity index (χ0v) is 42.1. The highest BCUT2D eigenvalue weighted by molar-refractivity contribution is 5.71. The zero-order chi connectivity index (χ0) is 47.9. The third-order valence-electron chi connectivity index (χ3n) is 10.4. The molecule has 66 heavy (non-hydrogen) atoms. The summed E-state index contributed by atoms with van der Waals surface area (Å²) < 4.78 is 16.7. The maximum atomic E-state index is 12.8. The first-order valence-corrected chi connectivity index (χ1v) is 26.2. The molecule has 0 bridgehead atoms. The molecular formula is C60H94O6. The van der Waals surface area contributed by atoms with Gasteiger partial charge in [-0.25, -0.2) is 0 Å². The van der Waals surface area contributed by atoms with Crippen molar-refractivity contribution in [2.24, 2.45) is 0 Å². The second kappa shape index (κ2) is 53.2. The number of hydrogen-bond donors (Lipinski definition) is 0. The second-order valence-corrected chi connectivity index (χ2v) is 16.7. The number of ether oxygens (including phenoxy) is 3. The molecule has 0 heterocycles. The summed E-state index contributed by atoms with van der Waals surface area (Å²) in [5.41, 5.74) is 0. The Kier molecular flexibility index (Phi) is 49.6. The maximum absolute atomic E-state index is 12.8. The van der Waals surface area contributed by atoms with Gasteiger partial charge >= 0.3 is 17.9 Å². The Morgan fingerprint density at radius 1 is 0.318 bits per heavy atom. The SMILES string of the molecule is CC/C=C\C/C=C\C/C=C\C/C=C\C/C=C\C/C=C\C/C=C\CCCC(=O)OCC(COC(=O)CCCCCCCCCCCC)OC(=O)CCCC/C=C\C/C=C\C/C=C\C/C=C\CC. The van der Waals surface area contributed by atoms with E-state index in [1.807, 2.05) is 0 Å². The van der Waals surface area contributed by atoms with Gasteiger partial charge in [0.25, 0.3) is 0 Å². The van der Waals surface area contributed by atoms with Crippen LogP contribution in [0.4, 0.5) is 0 Å². The lowest BCUT2D eigenvalue weighted by Crippen LogP contribution is -2.30. The highest BCUT2D eigenvalue weighted by Crippen LogP contribution is 2.13. The lowest BCUT2D eigenvalue weighted by Gasteiger charge is -2.18. The Morgan fingerprint density at radius 2 is 0.606 bits per heavy atom. The Labute approximate surface area is 405 Å². The smallest absolute Gasteiger partial charge is 0.306 e. The molecule has 6 heteroatoms. The summed E-state index contributed by atoms with van der Waals surface area (Å²) in [5.74, 6) is -1.03. The summed E-state index contributed by atoms with van der Waals surface area (Å²) in [4.78, 5) is 37.9. The molecule has 0 amide bonds. The predicted octanol–water partition coefficient (Wildman–Crippen LogP) is 17.5. The Morgan fingerprint density at radius 3 is 0.985 bits per heavy atom. The van der Waals surface area contributed by atoms with Gasteiger partial charge in [0.1, 0.15) is 13.2 Å². The zero-order valence-electron chi connectivity index (χ0n) is 42.1. The first kappa shape index (κ1) is 61.5. The van der Waals surface area contributed by atoms with E-state index in [-0.39, 0.29) is 44.0 Å². The van der Waals surface area contributed by atoms with Gasteiger partial charge in [-0.3, -0.25) is 14.4 Å². The molecule has 0 aromatic rings. The molecule has 1 unspecified atom stereocenters. The van der Waals surface area contributed by atoms with Crippen LogP contribution < -0.4 is 0 Å². The average Bonchev–Trinajstić information content (AvgIpc) is 3.31. The lowest BCUT2D eigenvalue weighted by molar-refractivity contribution is -0.167. The van der Waals surface area contributed by atoms with Crippen molar-refractivity contribution < 1.29 is 28.6 Å². The predicted molar refractivity (Wildman–Crippen MR) is 283 cm³/mol. The molecule has 1 atom stereocenters. The van der Waals surface area contributed by atoms with Crippen LogP contribution in [0.3, 0.4) is 0 Å². The Balaban J connectivity index is 4.51. The van der Waals surface area contributed by atoms with Gasteiger partial charge in [0.15, 0.2) is 6.10 Å². The van der Waals surface area contributed by atoms with E-state index in [0.29, 0.717) is 19.3 Å². The highest BCUT2D eigenvalue weighted by Gasteiger charge is 2.19. The van der Waals surface area contributed by atoms with Crippen molar-refractivity contribution in [3.8, 4) is 0 Å². The summed E-state index contributed by atoms with van der Waals surface area (Å²) in [6, 6.07) is 0. The van der Waals surface area contributed by atoms with E-state index in [9.17, 15) is 14.4 Å². The summed E-state index contributed by atoms with van der Waals surface area (Å²) in [6.45, 7) is 6.29. The average molecular weight is 911 g/mol. The fourth-order valence-electron chi connectivity index (χ4n) is 6.54. The molecule has 0 rings (SSSR count). The highest BCUT2D eigenvalue weighted by atomic mass is 16.6. The van der Waals surface area contributed by atoms with Crippen LogP contribution in [0.1, 0.15) is 207 Å². The van der Waals surface area contributed by atoms with E-state index in [0.717, 1.165) is 109 Å². The first-order valence-electron chi connectivity index (χ1n) is 26.2. The summed E-state index contributed by atoms with van der Waals surface area (Å²) in [5, 5.41) is 0. The molecule has 0 saturated heterocycles. The molecule has 0 aromatic carbocycles. The van der Waals surface area contributed by atoms with Gasteiger partial charge in [0, 0.05) is 19.3 Å². The number of rotatable bonds is 45. The van der Waals surface area contributed by atoms with Crippen LogP contribution in [-0.2, 0) is 28.6 Å². The molecule has 0 aliphatic rings.